The van der Waals surface area contributed by atoms with Crippen molar-refractivity contribution in [3.63, 3.8) is 0 Å². The van der Waals surface area contributed by atoms with Crippen LogP contribution in [0.15, 0.2) is 0 Å². The van der Waals surface area contributed by atoms with Crippen molar-refractivity contribution in [3.05, 3.63) is 0 Å². The normalized spacial score (nSPS) is 17.7. The Bertz CT molecular complexity index is 182. The molecule has 0 bridgehead atoms. The Hall–Kier alpha value is -0.650. The van der Waals surface area contributed by atoms with Gasteiger partial charge in [-0.3, -0.25) is 4.79 Å². The third kappa shape index (κ3) is 5.71. The zero-order valence-electron chi connectivity index (χ0n) is 9.04. The van der Waals surface area contributed by atoms with Gasteiger partial charge in [-0.05, 0) is 18.8 Å². The zero-order valence-corrected chi connectivity index (χ0v) is 9.04. The standard InChI is InChI=1S/C10H20N2O3/c11-3-6-15-8-10(13)12-7-9-1-4-14-5-2-9/h9H,1-8,11H2,(H,12,13). The first kappa shape index (κ1) is 12.4. The molecule has 0 aromatic rings. The number of rotatable bonds is 6. The van der Waals surface area contributed by atoms with E-state index in [9.17, 15) is 4.79 Å². The van der Waals surface area contributed by atoms with Crippen LogP contribution in [0.1, 0.15) is 12.8 Å². The van der Waals surface area contributed by atoms with E-state index in [-0.39, 0.29) is 12.5 Å². The minimum Gasteiger partial charge on any atom is -0.381 e. The van der Waals surface area contributed by atoms with Gasteiger partial charge in [0.15, 0.2) is 0 Å². The summed E-state index contributed by atoms with van der Waals surface area (Å²) in [5.74, 6) is 0.493. The van der Waals surface area contributed by atoms with Gasteiger partial charge in [0.05, 0.1) is 6.61 Å². The van der Waals surface area contributed by atoms with Crippen LogP contribution in [-0.4, -0.2) is 45.4 Å². The summed E-state index contributed by atoms with van der Waals surface area (Å²) in [6.45, 7) is 3.35. The summed E-state index contributed by atoms with van der Waals surface area (Å²) in [6.07, 6.45) is 2.06. The molecular formula is C10H20N2O3. The summed E-state index contributed by atoms with van der Waals surface area (Å²) in [6, 6.07) is 0. The Balaban J connectivity index is 2.00. The van der Waals surface area contributed by atoms with Crippen molar-refractivity contribution in [2.75, 3.05) is 39.5 Å². The molecule has 0 unspecified atom stereocenters. The van der Waals surface area contributed by atoms with E-state index in [1.165, 1.54) is 0 Å². The molecule has 1 rings (SSSR count). The highest BCUT2D eigenvalue weighted by Gasteiger charge is 2.14. The average Bonchev–Trinajstić information content (AvgIpc) is 2.28. The van der Waals surface area contributed by atoms with Crippen molar-refractivity contribution < 1.29 is 14.3 Å². The second-order valence-electron chi connectivity index (χ2n) is 3.70. The van der Waals surface area contributed by atoms with E-state index in [2.05, 4.69) is 5.32 Å². The maximum atomic E-state index is 11.3. The number of amides is 1. The predicted molar refractivity (Wildman–Crippen MR) is 56.4 cm³/mol. The summed E-state index contributed by atoms with van der Waals surface area (Å²) in [4.78, 5) is 11.3. The lowest BCUT2D eigenvalue weighted by Crippen LogP contribution is -2.34. The summed E-state index contributed by atoms with van der Waals surface area (Å²) < 4.78 is 10.3. The molecule has 15 heavy (non-hydrogen) atoms. The fourth-order valence-corrected chi connectivity index (χ4v) is 1.51. The lowest BCUT2D eigenvalue weighted by molar-refractivity contribution is -0.125. The first-order chi connectivity index (χ1) is 7.33. The molecule has 1 saturated heterocycles. The Kier molecular flexibility index (Phi) is 6.31. The number of ether oxygens (including phenoxy) is 2. The molecule has 1 aliphatic heterocycles. The van der Waals surface area contributed by atoms with E-state index in [1.807, 2.05) is 0 Å². The smallest absolute Gasteiger partial charge is 0.246 e. The molecule has 1 aliphatic rings. The summed E-state index contributed by atoms with van der Waals surface area (Å²) in [7, 11) is 0. The molecule has 5 nitrogen and oxygen atoms in total. The number of hydrogen-bond acceptors (Lipinski definition) is 4. The topological polar surface area (TPSA) is 73.6 Å². The molecular weight excluding hydrogens is 196 g/mol. The van der Waals surface area contributed by atoms with Gasteiger partial charge in [-0.1, -0.05) is 0 Å². The Morgan fingerprint density at radius 1 is 1.47 bits per heavy atom. The van der Waals surface area contributed by atoms with Gasteiger partial charge in [-0.2, -0.15) is 0 Å². The Morgan fingerprint density at radius 2 is 2.20 bits per heavy atom. The second kappa shape index (κ2) is 7.62. The average molecular weight is 216 g/mol. The van der Waals surface area contributed by atoms with Crippen molar-refractivity contribution in [3.8, 4) is 0 Å². The molecule has 1 fully saturated rings. The van der Waals surface area contributed by atoms with E-state index in [0.29, 0.717) is 19.1 Å². The van der Waals surface area contributed by atoms with Crippen molar-refractivity contribution in [1.82, 2.24) is 5.32 Å². The van der Waals surface area contributed by atoms with Crippen LogP contribution in [0, 0.1) is 5.92 Å². The lowest BCUT2D eigenvalue weighted by Gasteiger charge is -2.22. The SMILES string of the molecule is NCCOCC(=O)NCC1CCOCC1. The summed E-state index contributed by atoms with van der Waals surface area (Å²) >= 11 is 0. The number of nitrogens with two attached hydrogens (primary N) is 1. The summed E-state index contributed by atoms with van der Waals surface area (Å²) in [5.41, 5.74) is 5.24. The lowest BCUT2D eigenvalue weighted by atomic mass is 10.0. The molecule has 1 amide bonds. The first-order valence-electron chi connectivity index (χ1n) is 5.45. The molecule has 0 saturated carbocycles. The van der Waals surface area contributed by atoms with E-state index in [1.54, 1.807) is 0 Å². The van der Waals surface area contributed by atoms with Crippen LogP contribution in [-0.2, 0) is 14.3 Å². The van der Waals surface area contributed by atoms with Crippen molar-refractivity contribution in [2.45, 2.75) is 12.8 Å². The third-order valence-corrected chi connectivity index (χ3v) is 2.42. The number of hydrogen-bond donors (Lipinski definition) is 2. The number of carbonyl (C=O) groups is 1. The van der Waals surface area contributed by atoms with Crippen molar-refractivity contribution in [2.24, 2.45) is 11.7 Å². The molecule has 0 spiro atoms. The summed E-state index contributed by atoms with van der Waals surface area (Å²) in [5, 5.41) is 2.85. The maximum absolute atomic E-state index is 11.3. The van der Waals surface area contributed by atoms with Gasteiger partial charge in [-0.25, -0.2) is 0 Å². The Labute approximate surface area is 90.3 Å². The molecule has 0 radical (unpaired) electrons. The van der Waals surface area contributed by atoms with Crippen LogP contribution >= 0.6 is 0 Å². The highest BCUT2D eigenvalue weighted by molar-refractivity contribution is 5.77. The van der Waals surface area contributed by atoms with E-state index < -0.39 is 0 Å². The van der Waals surface area contributed by atoms with E-state index >= 15 is 0 Å². The zero-order chi connectivity index (χ0) is 10.9. The molecule has 88 valence electrons. The molecule has 0 aromatic heterocycles. The molecule has 3 N–H and O–H groups in total. The number of nitrogens with one attached hydrogen (secondary N) is 1. The minimum absolute atomic E-state index is 0.0602. The highest BCUT2D eigenvalue weighted by Crippen LogP contribution is 2.12. The van der Waals surface area contributed by atoms with Crippen LogP contribution in [0.3, 0.4) is 0 Å². The predicted octanol–water partition coefficient (Wildman–Crippen LogP) is -0.495. The molecule has 0 aromatic carbocycles. The monoisotopic (exact) mass is 216 g/mol. The highest BCUT2D eigenvalue weighted by atomic mass is 16.5. The second-order valence-corrected chi connectivity index (χ2v) is 3.70. The van der Waals surface area contributed by atoms with Crippen LogP contribution in [0.25, 0.3) is 0 Å². The van der Waals surface area contributed by atoms with Gasteiger partial charge in [-0.15, -0.1) is 0 Å². The molecule has 0 atom stereocenters. The molecule has 1 heterocycles. The Morgan fingerprint density at radius 3 is 2.87 bits per heavy atom. The first-order valence-corrected chi connectivity index (χ1v) is 5.45. The fourth-order valence-electron chi connectivity index (χ4n) is 1.51. The third-order valence-electron chi connectivity index (χ3n) is 2.42. The molecule has 5 heteroatoms. The van der Waals surface area contributed by atoms with E-state index in [4.69, 9.17) is 15.2 Å². The van der Waals surface area contributed by atoms with Gasteiger partial charge in [0.2, 0.25) is 5.91 Å². The maximum Gasteiger partial charge on any atom is 0.246 e. The van der Waals surface area contributed by atoms with Crippen molar-refractivity contribution in [1.29, 1.82) is 0 Å². The van der Waals surface area contributed by atoms with Gasteiger partial charge in [0.1, 0.15) is 6.61 Å². The van der Waals surface area contributed by atoms with Crippen molar-refractivity contribution >= 4 is 5.91 Å². The fraction of sp³-hybridized carbons (Fsp3) is 0.900. The van der Waals surface area contributed by atoms with Crippen LogP contribution < -0.4 is 11.1 Å². The minimum atomic E-state index is -0.0602. The van der Waals surface area contributed by atoms with Gasteiger partial charge in [0.25, 0.3) is 0 Å². The largest absolute Gasteiger partial charge is 0.381 e. The van der Waals surface area contributed by atoms with Crippen LogP contribution in [0.2, 0.25) is 0 Å². The van der Waals surface area contributed by atoms with Gasteiger partial charge >= 0.3 is 0 Å². The van der Waals surface area contributed by atoms with Crippen LogP contribution in [0.4, 0.5) is 0 Å². The molecule has 0 aliphatic carbocycles. The number of carbonyl (C=O) groups excluding carboxylic acids is 1. The van der Waals surface area contributed by atoms with Crippen LogP contribution in [0.5, 0.6) is 0 Å². The van der Waals surface area contributed by atoms with E-state index in [0.717, 1.165) is 32.6 Å². The van der Waals surface area contributed by atoms with Gasteiger partial charge in [0, 0.05) is 26.3 Å². The van der Waals surface area contributed by atoms with Gasteiger partial charge < -0.3 is 20.5 Å². The quantitative estimate of drug-likeness (QED) is 0.587.